The average molecular weight is 367 g/mol. The number of rotatable bonds is 6. The summed E-state index contributed by atoms with van der Waals surface area (Å²) in [5.74, 6) is 0.0515. The lowest BCUT2D eigenvalue weighted by molar-refractivity contribution is 0.0601. The highest BCUT2D eigenvalue weighted by Crippen LogP contribution is 2.36. The van der Waals surface area contributed by atoms with E-state index in [1.165, 1.54) is 26.0 Å². The van der Waals surface area contributed by atoms with Crippen molar-refractivity contribution in [2.45, 2.75) is 10.6 Å². The SMILES string of the molecule is COC(=O)c1sc(N)c(C(=O)OC)c1CSc1ccc(OC)cc1. The van der Waals surface area contributed by atoms with Crippen LogP contribution in [0.3, 0.4) is 0 Å². The van der Waals surface area contributed by atoms with Crippen molar-refractivity contribution < 1.29 is 23.8 Å². The zero-order chi connectivity index (χ0) is 17.7. The topological polar surface area (TPSA) is 87.9 Å². The van der Waals surface area contributed by atoms with E-state index in [1.807, 2.05) is 24.3 Å². The number of carbonyl (C=O) groups excluding carboxylic acids is 2. The number of nitrogen functional groups attached to an aromatic ring is 1. The average Bonchev–Trinajstić information content (AvgIpc) is 2.95. The van der Waals surface area contributed by atoms with Crippen molar-refractivity contribution in [1.82, 2.24) is 0 Å². The third kappa shape index (κ3) is 3.82. The second-order valence-electron chi connectivity index (χ2n) is 4.60. The molecule has 2 N–H and O–H groups in total. The van der Waals surface area contributed by atoms with Crippen molar-refractivity contribution in [3.63, 3.8) is 0 Å². The zero-order valence-corrected chi connectivity index (χ0v) is 15.1. The third-order valence-electron chi connectivity index (χ3n) is 3.24. The molecule has 0 saturated heterocycles. The monoisotopic (exact) mass is 367 g/mol. The van der Waals surface area contributed by atoms with Crippen LogP contribution in [-0.2, 0) is 15.2 Å². The molecule has 0 spiro atoms. The van der Waals surface area contributed by atoms with Crippen molar-refractivity contribution in [3.05, 3.63) is 40.3 Å². The summed E-state index contributed by atoms with van der Waals surface area (Å²) < 4.78 is 14.7. The lowest BCUT2D eigenvalue weighted by atomic mass is 10.1. The molecule has 0 fully saturated rings. The van der Waals surface area contributed by atoms with Crippen LogP contribution in [-0.4, -0.2) is 33.3 Å². The van der Waals surface area contributed by atoms with Gasteiger partial charge in [-0.15, -0.1) is 23.1 Å². The van der Waals surface area contributed by atoms with Crippen LogP contribution < -0.4 is 10.5 Å². The Morgan fingerprint density at radius 1 is 1.08 bits per heavy atom. The first-order chi connectivity index (χ1) is 11.5. The van der Waals surface area contributed by atoms with Gasteiger partial charge in [0.1, 0.15) is 15.6 Å². The van der Waals surface area contributed by atoms with Crippen molar-refractivity contribution in [1.29, 1.82) is 0 Å². The lowest BCUT2D eigenvalue weighted by Crippen LogP contribution is -2.08. The summed E-state index contributed by atoms with van der Waals surface area (Å²) >= 11 is 2.50. The molecule has 24 heavy (non-hydrogen) atoms. The maximum atomic E-state index is 12.0. The van der Waals surface area contributed by atoms with E-state index in [2.05, 4.69) is 0 Å². The molecule has 0 atom stereocenters. The number of thioether (sulfide) groups is 1. The number of carbonyl (C=O) groups is 2. The van der Waals surface area contributed by atoms with E-state index in [4.69, 9.17) is 19.9 Å². The molecule has 2 rings (SSSR count). The van der Waals surface area contributed by atoms with Crippen molar-refractivity contribution >= 4 is 40.0 Å². The molecule has 6 nitrogen and oxygen atoms in total. The van der Waals surface area contributed by atoms with Crippen LogP contribution in [0.1, 0.15) is 25.6 Å². The zero-order valence-electron chi connectivity index (χ0n) is 13.5. The van der Waals surface area contributed by atoms with Crippen LogP contribution in [0.25, 0.3) is 0 Å². The molecule has 2 aromatic rings. The smallest absolute Gasteiger partial charge is 0.348 e. The van der Waals surface area contributed by atoms with Crippen LogP contribution in [0.2, 0.25) is 0 Å². The van der Waals surface area contributed by atoms with Crippen LogP contribution in [0.4, 0.5) is 5.00 Å². The van der Waals surface area contributed by atoms with Gasteiger partial charge in [0.05, 0.1) is 26.9 Å². The molecular formula is C16H17NO5S2. The summed E-state index contributed by atoms with van der Waals surface area (Å²) in [6.45, 7) is 0. The van der Waals surface area contributed by atoms with E-state index in [1.54, 1.807) is 7.11 Å². The van der Waals surface area contributed by atoms with Crippen molar-refractivity contribution in [2.75, 3.05) is 27.1 Å². The Balaban J connectivity index is 2.31. The molecule has 1 heterocycles. The predicted molar refractivity (Wildman–Crippen MR) is 94.0 cm³/mol. The Labute approximate surface area is 147 Å². The molecule has 8 heteroatoms. The summed E-state index contributed by atoms with van der Waals surface area (Å²) in [6, 6.07) is 7.48. The molecule has 0 amide bonds. The molecule has 1 aromatic carbocycles. The van der Waals surface area contributed by atoms with Crippen LogP contribution in [0.15, 0.2) is 29.2 Å². The fraction of sp³-hybridized carbons (Fsp3) is 0.250. The van der Waals surface area contributed by atoms with Gasteiger partial charge < -0.3 is 19.9 Å². The molecule has 0 unspecified atom stereocenters. The molecule has 0 bridgehead atoms. The maximum Gasteiger partial charge on any atom is 0.348 e. The first-order valence-electron chi connectivity index (χ1n) is 6.86. The van der Waals surface area contributed by atoms with Crippen LogP contribution >= 0.6 is 23.1 Å². The summed E-state index contributed by atoms with van der Waals surface area (Å²) in [7, 11) is 4.16. The highest BCUT2D eigenvalue weighted by Gasteiger charge is 2.27. The number of hydrogen-bond donors (Lipinski definition) is 1. The number of benzene rings is 1. The van der Waals surface area contributed by atoms with Crippen LogP contribution in [0.5, 0.6) is 5.75 Å². The van der Waals surface area contributed by atoms with E-state index < -0.39 is 11.9 Å². The summed E-state index contributed by atoms with van der Waals surface area (Å²) in [5.41, 5.74) is 6.65. The first kappa shape index (κ1) is 18.2. The van der Waals surface area contributed by atoms with Gasteiger partial charge >= 0.3 is 11.9 Å². The minimum absolute atomic E-state index is 0.226. The summed E-state index contributed by atoms with van der Waals surface area (Å²) in [4.78, 5) is 25.2. The Kier molecular flexibility index (Phi) is 6.10. The standard InChI is InChI=1S/C16H17NO5S2/c1-20-9-4-6-10(7-5-9)23-8-11-12(15(18)21-2)14(17)24-13(11)16(19)22-3/h4-7H,8,17H2,1-3H3. The van der Waals surface area contributed by atoms with Crippen molar-refractivity contribution in [2.24, 2.45) is 0 Å². The number of nitrogens with two attached hydrogens (primary N) is 1. The molecule has 0 aliphatic rings. The minimum atomic E-state index is -0.566. The van der Waals surface area contributed by atoms with Gasteiger partial charge in [0.25, 0.3) is 0 Å². The quantitative estimate of drug-likeness (QED) is 0.619. The Morgan fingerprint density at radius 2 is 1.71 bits per heavy atom. The first-order valence-corrected chi connectivity index (χ1v) is 8.66. The van der Waals surface area contributed by atoms with E-state index in [9.17, 15) is 9.59 Å². The van der Waals surface area contributed by atoms with E-state index in [0.717, 1.165) is 22.0 Å². The molecular weight excluding hydrogens is 350 g/mol. The Bertz CT molecular complexity index is 740. The number of anilines is 1. The second-order valence-corrected chi connectivity index (χ2v) is 6.70. The summed E-state index contributed by atoms with van der Waals surface area (Å²) in [6.07, 6.45) is 0. The molecule has 0 aliphatic heterocycles. The number of ether oxygens (including phenoxy) is 3. The Morgan fingerprint density at radius 3 is 2.25 bits per heavy atom. The second kappa shape index (κ2) is 8.07. The predicted octanol–water partition coefficient (Wildman–Crippen LogP) is 3.20. The van der Waals surface area contributed by atoms with Gasteiger partial charge in [0.2, 0.25) is 0 Å². The molecule has 0 saturated carbocycles. The fourth-order valence-corrected chi connectivity index (χ4v) is 4.05. The lowest BCUT2D eigenvalue weighted by Gasteiger charge is -2.07. The van der Waals surface area contributed by atoms with Gasteiger partial charge in [-0.3, -0.25) is 0 Å². The van der Waals surface area contributed by atoms with Gasteiger partial charge in [-0.05, 0) is 24.3 Å². The molecule has 0 aliphatic carbocycles. The highest BCUT2D eigenvalue weighted by atomic mass is 32.2. The van der Waals surface area contributed by atoms with E-state index in [0.29, 0.717) is 16.2 Å². The van der Waals surface area contributed by atoms with Gasteiger partial charge in [0, 0.05) is 16.2 Å². The number of hydrogen-bond acceptors (Lipinski definition) is 8. The largest absolute Gasteiger partial charge is 0.497 e. The third-order valence-corrected chi connectivity index (χ3v) is 5.32. The van der Waals surface area contributed by atoms with Crippen LogP contribution in [0, 0.1) is 0 Å². The normalized spacial score (nSPS) is 10.3. The van der Waals surface area contributed by atoms with Crippen molar-refractivity contribution in [3.8, 4) is 5.75 Å². The summed E-state index contributed by atoms with van der Waals surface area (Å²) in [5, 5.41) is 0.243. The molecule has 1 aromatic heterocycles. The minimum Gasteiger partial charge on any atom is -0.497 e. The highest BCUT2D eigenvalue weighted by molar-refractivity contribution is 7.98. The van der Waals surface area contributed by atoms with Gasteiger partial charge in [-0.2, -0.15) is 0 Å². The number of methoxy groups -OCH3 is 3. The van der Waals surface area contributed by atoms with Gasteiger partial charge in [0.15, 0.2) is 0 Å². The maximum absolute atomic E-state index is 12.0. The Hall–Kier alpha value is -2.19. The van der Waals surface area contributed by atoms with E-state index in [-0.39, 0.29) is 10.6 Å². The fourth-order valence-electron chi connectivity index (χ4n) is 2.03. The molecule has 128 valence electrons. The number of thiophene rings is 1. The van der Waals surface area contributed by atoms with Gasteiger partial charge in [-0.1, -0.05) is 0 Å². The number of esters is 2. The van der Waals surface area contributed by atoms with Gasteiger partial charge in [-0.25, -0.2) is 9.59 Å². The van der Waals surface area contributed by atoms with E-state index >= 15 is 0 Å². The molecule has 0 radical (unpaired) electrons.